The lowest BCUT2D eigenvalue weighted by atomic mass is 10.0. The third kappa shape index (κ3) is 4.98. The number of fused-ring (bicyclic) bond motifs is 1. The van der Waals surface area contributed by atoms with E-state index >= 15 is 0 Å². The third-order valence-electron chi connectivity index (χ3n) is 6.16. The molecule has 8 heteroatoms. The largest absolute Gasteiger partial charge is 0.471 e. The number of benzene rings is 2. The molecule has 7 nitrogen and oxygen atoms in total. The number of para-hydroxylation sites is 1. The van der Waals surface area contributed by atoms with Crippen molar-refractivity contribution < 1.29 is 4.74 Å². The van der Waals surface area contributed by atoms with E-state index in [0.29, 0.717) is 35.4 Å². The smallest absolute Gasteiger partial charge is 0.235 e. The van der Waals surface area contributed by atoms with Crippen molar-refractivity contribution in [1.82, 2.24) is 15.0 Å². The van der Waals surface area contributed by atoms with Crippen LogP contribution in [-0.4, -0.2) is 34.1 Å². The van der Waals surface area contributed by atoms with Gasteiger partial charge in [-0.05, 0) is 43.5 Å². The monoisotopic (exact) mass is 484 g/mol. The maximum Gasteiger partial charge on any atom is 0.235 e. The number of halogens is 1. The van der Waals surface area contributed by atoms with Crippen molar-refractivity contribution in [2.45, 2.75) is 32.4 Å². The lowest BCUT2D eigenvalue weighted by Gasteiger charge is -2.35. The molecule has 0 bridgehead atoms. The number of piperidine rings is 1. The predicted octanol–water partition coefficient (Wildman–Crippen LogP) is 5.52. The fraction of sp³-hybridized carbons (Fsp3) is 0.259. The average Bonchev–Trinajstić information content (AvgIpc) is 2.89. The Labute approximate surface area is 209 Å². The fourth-order valence-corrected chi connectivity index (χ4v) is 4.58. The molecule has 3 heterocycles. The van der Waals surface area contributed by atoms with E-state index in [-0.39, 0.29) is 6.10 Å². The van der Waals surface area contributed by atoms with Crippen LogP contribution in [0.5, 0.6) is 5.88 Å². The molecule has 0 saturated carbocycles. The number of hydrogen-bond donors (Lipinski definition) is 1. The van der Waals surface area contributed by atoms with Crippen molar-refractivity contribution in [2.75, 3.05) is 23.3 Å². The highest BCUT2D eigenvalue weighted by Crippen LogP contribution is 2.36. The number of nitriles is 1. The van der Waals surface area contributed by atoms with Crippen LogP contribution in [0.3, 0.4) is 0 Å². The predicted molar refractivity (Wildman–Crippen MR) is 138 cm³/mol. The highest BCUT2D eigenvalue weighted by molar-refractivity contribution is 6.30. The van der Waals surface area contributed by atoms with Crippen LogP contribution in [0.4, 0.5) is 11.5 Å². The number of nitrogens with one attached hydrogen (secondary N) is 1. The van der Waals surface area contributed by atoms with Crippen molar-refractivity contribution >= 4 is 34.0 Å². The van der Waals surface area contributed by atoms with Gasteiger partial charge in [0.1, 0.15) is 23.6 Å². The Morgan fingerprint density at radius 2 is 1.94 bits per heavy atom. The number of aromatic nitrogens is 3. The molecular weight excluding hydrogens is 460 g/mol. The van der Waals surface area contributed by atoms with Crippen LogP contribution in [0, 0.1) is 18.3 Å². The van der Waals surface area contributed by atoms with Gasteiger partial charge in [-0.2, -0.15) is 5.26 Å². The molecular formula is C27H25ClN6O. The minimum absolute atomic E-state index is 0.0527. The number of anilines is 2. The molecule has 35 heavy (non-hydrogen) atoms. The summed E-state index contributed by atoms with van der Waals surface area (Å²) >= 11 is 6.02. The topological polar surface area (TPSA) is 87.0 Å². The standard InChI is InChI=1S/C27H25ClN6O/c1-18-27(31-13-12-30-18)35-21-5-4-14-34(17-21)25-22-6-2-3-7-24(22)33-26(23(25)15-29)32-16-19-8-10-20(28)11-9-19/h2-3,6-13,21H,4-5,14,16-17H2,1H3,(H,32,33). The zero-order valence-corrected chi connectivity index (χ0v) is 20.2. The molecule has 1 aliphatic heterocycles. The number of nitrogens with zero attached hydrogens (tertiary/aromatic N) is 5. The first-order chi connectivity index (χ1) is 17.1. The van der Waals surface area contributed by atoms with Crippen LogP contribution < -0.4 is 15.0 Å². The van der Waals surface area contributed by atoms with Crippen LogP contribution in [-0.2, 0) is 6.54 Å². The Kier molecular flexibility index (Phi) is 6.64. The molecule has 1 fully saturated rings. The summed E-state index contributed by atoms with van der Waals surface area (Å²) in [7, 11) is 0. The molecule has 0 spiro atoms. The number of hydrogen-bond acceptors (Lipinski definition) is 7. The molecule has 1 N–H and O–H groups in total. The molecule has 4 aromatic rings. The summed E-state index contributed by atoms with van der Waals surface area (Å²) in [6.07, 6.45) is 5.11. The van der Waals surface area contributed by atoms with Gasteiger partial charge < -0.3 is 15.0 Å². The Morgan fingerprint density at radius 1 is 1.14 bits per heavy atom. The van der Waals surface area contributed by atoms with Gasteiger partial charge in [0.25, 0.3) is 0 Å². The fourth-order valence-electron chi connectivity index (χ4n) is 4.45. The van der Waals surface area contributed by atoms with E-state index in [9.17, 15) is 5.26 Å². The van der Waals surface area contributed by atoms with Gasteiger partial charge in [0.05, 0.1) is 23.4 Å². The highest BCUT2D eigenvalue weighted by atomic mass is 35.5. The van der Waals surface area contributed by atoms with Gasteiger partial charge >= 0.3 is 0 Å². The Hall–Kier alpha value is -3.89. The van der Waals surface area contributed by atoms with Crippen molar-refractivity contribution in [3.8, 4) is 11.9 Å². The summed E-state index contributed by atoms with van der Waals surface area (Å²) in [6, 6.07) is 18.0. The zero-order chi connectivity index (χ0) is 24.2. The van der Waals surface area contributed by atoms with Gasteiger partial charge in [-0.15, -0.1) is 0 Å². The van der Waals surface area contributed by atoms with Crippen molar-refractivity contribution in [3.05, 3.63) is 82.8 Å². The molecule has 1 aliphatic rings. The van der Waals surface area contributed by atoms with Crippen LogP contribution in [0.1, 0.15) is 29.7 Å². The number of ether oxygens (including phenoxy) is 1. The van der Waals surface area contributed by atoms with Gasteiger partial charge in [0, 0.05) is 35.9 Å². The first-order valence-corrected chi connectivity index (χ1v) is 12.0. The van der Waals surface area contributed by atoms with Crippen LogP contribution in [0.25, 0.3) is 10.9 Å². The van der Waals surface area contributed by atoms with Gasteiger partial charge in [0.2, 0.25) is 5.88 Å². The minimum Gasteiger partial charge on any atom is -0.471 e. The quantitative estimate of drug-likeness (QED) is 0.385. The van der Waals surface area contributed by atoms with Crippen molar-refractivity contribution in [2.24, 2.45) is 0 Å². The van der Waals surface area contributed by atoms with E-state index in [2.05, 4.69) is 26.3 Å². The molecule has 176 valence electrons. The van der Waals surface area contributed by atoms with E-state index < -0.39 is 0 Å². The number of aryl methyl sites for hydroxylation is 1. The Bertz CT molecular complexity index is 1390. The molecule has 0 aliphatic carbocycles. The lowest BCUT2D eigenvalue weighted by molar-refractivity contribution is 0.170. The van der Waals surface area contributed by atoms with Crippen LogP contribution >= 0.6 is 11.6 Å². The first kappa shape index (κ1) is 22.9. The summed E-state index contributed by atoms with van der Waals surface area (Å²) in [5, 5.41) is 15.3. The number of pyridine rings is 1. The van der Waals surface area contributed by atoms with Crippen LogP contribution in [0.2, 0.25) is 5.02 Å². The van der Waals surface area contributed by atoms with Gasteiger partial charge in [-0.3, -0.25) is 4.98 Å². The van der Waals surface area contributed by atoms with E-state index in [4.69, 9.17) is 21.3 Å². The van der Waals surface area contributed by atoms with E-state index in [1.807, 2.05) is 55.5 Å². The molecule has 5 rings (SSSR count). The van der Waals surface area contributed by atoms with Crippen LogP contribution in [0.15, 0.2) is 60.9 Å². The second kappa shape index (κ2) is 10.2. The SMILES string of the molecule is Cc1nccnc1OC1CCCN(c2c(C#N)c(NCc3ccc(Cl)cc3)nc3ccccc23)C1. The second-order valence-electron chi connectivity index (χ2n) is 8.57. The molecule has 0 radical (unpaired) electrons. The van der Waals surface area contributed by atoms with E-state index in [1.54, 1.807) is 12.4 Å². The second-order valence-corrected chi connectivity index (χ2v) is 9.00. The maximum absolute atomic E-state index is 10.2. The Balaban J connectivity index is 1.47. The normalized spacial score (nSPS) is 15.6. The lowest BCUT2D eigenvalue weighted by Crippen LogP contribution is -2.42. The van der Waals surface area contributed by atoms with Gasteiger partial charge in [0.15, 0.2) is 0 Å². The average molecular weight is 485 g/mol. The number of rotatable bonds is 6. The molecule has 1 saturated heterocycles. The molecule has 1 unspecified atom stereocenters. The first-order valence-electron chi connectivity index (χ1n) is 11.6. The molecule has 1 atom stereocenters. The Morgan fingerprint density at radius 3 is 2.74 bits per heavy atom. The molecule has 2 aromatic heterocycles. The van der Waals surface area contributed by atoms with E-state index in [0.717, 1.165) is 47.2 Å². The summed E-state index contributed by atoms with van der Waals surface area (Å²) < 4.78 is 6.23. The highest BCUT2D eigenvalue weighted by Gasteiger charge is 2.27. The van der Waals surface area contributed by atoms with Gasteiger partial charge in [-0.25, -0.2) is 9.97 Å². The molecule has 2 aromatic carbocycles. The van der Waals surface area contributed by atoms with Crippen molar-refractivity contribution in [1.29, 1.82) is 5.26 Å². The summed E-state index contributed by atoms with van der Waals surface area (Å²) in [5.41, 5.74) is 4.09. The maximum atomic E-state index is 10.2. The zero-order valence-electron chi connectivity index (χ0n) is 19.4. The minimum atomic E-state index is -0.0527. The third-order valence-corrected chi connectivity index (χ3v) is 6.41. The summed E-state index contributed by atoms with van der Waals surface area (Å²) in [6.45, 7) is 3.91. The summed E-state index contributed by atoms with van der Waals surface area (Å²) in [5.74, 6) is 1.13. The molecule has 0 amide bonds. The van der Waals surface area contributed by atoms with Crippen molar-refractivity contribution in [3.63, 3.8) is 0 Å². The van der Waals surface area contributed by atoms with E-state index in [1.165, 1.54) is 0 Å². The van der Waals surface area contributed by atoms with Gasteiger partial charge in [-0.1, -0.05) is 41.9 Å². The summed E-state index contributed by atoms with van der Waals surface area (Å²) in [4.78, 5) is 15.7.